The number of nitrogens with one attached hydrogen (secondary N) is 2. The van der Waals surface area contributed by atoms with Crippen molar-refractivity contribution in [3.8, 4) is 0 Å². The molecular formula is C21H22FN3O4. The lowest BCUT2D eigenvalue weighted by Crippen LogP contribution is -2.43. The van der Waals surface area contributed by atoms with Gasteiger partial charge < -0.3 is 9.30 Å². The van der Waals surface area contributed by atoms with E-state index in [1.165, 1.54) is 37.1 Å². The molecule has 0 radical (unpaired) electrons. The van der Waals surface area contributed by atoms with Crippen LogP contribution in [0.25, 0.3) is 6.08 Å². The lowest BCUT2D eigenvalue weighted by atomic mass is 10.2. The van der Waals surface area contributed by atoms with Crippen LogP contribution in [-0.4, -0.2) is 29.0 Å². The van der Waals surface area contributed by atoms with Crippen molar-refractivity contribution in [1.82, 2.24) is 15.4 Å². The summed E-state index contributed by atoms with van der Waals surface area (Å²) < 4.78 is 20.6. The highest BCUT2D eigenvalue weighted by Gasteiger charge is 2.26. The van der Waals surface area contributed by atoms with Crippen molar-refractivity contribution in [1.29, 1.82) is 0 Å². The summed E-state index contributed by atoms with van der Waals surface area (Å²) in [6, 6.07) is 7.90. The number of carbonyl (C=O) groups is 3. The Bertz CT molecular complexity index is 976. The molecule has 1 aliphatic carbocycles. The van der Waals surface area contributed by atoms with Crippen molar-refractivity contribution in [2.45, 2.75) is 32.7 Å². The second kappa shape index (κ2) is 8.72. The second-order valence-electron chi connectivity index (χ2n) is 6.85. The zero-order valence-corrected chi connectivity index (χ0v) is 16.2. The maximum absolute atomic E-state index is 13.5. The molecule has 0 atom stereocenters. The van der Waals surface area contributed by atoms with Crippen LogP contribution >= 0.6 is 0 Å². The molecule has 2 amide bonds. The number of halogens is 1. The van der Waals surface area contributed by atoms with E-state index >= 15 is 0 Å². The number of amides is 2. The minimum atomic E-state index is -0.811. The SMILES string of the molecule is Cc1cc(/C=C/C(=O)OCC(=O)NNC(=O)c2ccccc2F)c(C)n1C1CC1. The molecule has 7 nitrogen and oxygen atoms in total. The van der Waals surface area contributed by atoms with Gasteiger partial charge in [0.05, 0.1) is 5.56 Å². The second-order valence-corrected chi connectivity index (χ2v) is 6.85. The lowest BCUT2D eigenvalue weighted by Gasteiger charge is -2.08. The molecule has 2 aromatic rings. The fourth-order valence-corrected chi connectivity index (χ4v) is 3.08. The number of aryl methyl sites for hydroxylation is 1. The van der Waals surface area contributed by atoms with E-state index in [0.717, 1.165) is 23.0 Å². The number of nitrogens with zero attached hydrogens (tertiary/aromatic N) is 1. The van der Waals surface area contributed by atoms with Gasteiger partial charge in [-0.05, 0) is 56.5 Å². The molecule has 0 bridgehead atoms. The molecule has 1 aliphatic rings. The smallest absolute Gasteiger partial charge is 0.331 e. The average molecular weight is 399 g/mol. The topological polar surface area (TPSA) is 89.4 Å². The van der Waals surface area contributed by atoms with Crippen LogP contribution in [0.1, 0.15) is 46.2 Å². The summed E-state index contributed by atoms with van der Waals surface area (Å²) in [6.45, 7) is 3.45. The van der Waals surface area contributed by atoms with Gasteiger partial charge in [0, 0.05) is 23.5 Å². The molecule has 152 valence electrons. The summed E-state index contributed by atoms with van der Waals surface area (Å²) in [5.74, 6) is -2.95. The first-order valence-electron chi connectivity index (χ1n) is 9.24. The number of benzene rings is 1. The number of carbonyl (C=O) groups excluding carboxylic acids is 3. The Balaban J connectivity index is 1.45. The largest absolute Gasteiger partial charge is 0.452 e. The monoisotopic (exact) mass is 399 g/mol. The summed E-state index contributed by atoms with van der Waals surface area (Å²) in [4.78, 5) is 35.3. The van der Waals surface area contributed by atoms with Crippen LogP contribution in [0, 0.1) is 19.7 Å². The maximum atomic E-state index is 13.5. The quantitative estimate of drug-likeness (QED) is 0.444. The minimum Gasteiger partial charge on any atom is -0.452 e. The van der Waals surface area contributed by atoms with Crippen LogP contribution in [-0.2, 0) is 14.3 Å². The van der Waals surface area contributed by atoms with Crippen molar-refractivity contribution in [2.75, 3.05) is 6.61 Å². The van der Waals surface area contributed by atoms with E-state index < -0.39 is 30.2 Å². The number of ether oxygens (including phenoxy) is 1. The van der Waals surface area contributed by atoms with Crippen LogP contribution < -0.4 is 10.9 Å². The lowest BCUT2D eigenvalue weighted by molar-refractivity contribution is -0.144. The van der Waals surface area contributed by atoms with Gasteiger partial charge in [-0.3, -0.25) is 20.4 Å². The van der Waals surface area contributed by atoms with E-state index in [4.69, 9.17) is 4.74 Å². The van der Waals surface area contributed by atoms with Gasteiger partial charge in [-0.25, -0.2) is 9.18 Å². The molecule has 0 aliphatic heterocycles. The number of rotatable bonds is 6. The maximum Gasteiger partial charge on any atom is 0.331 e. The van der Waals surface area contributed by atoms with E-state index in [0.29, 0.717) is 6.04 Å². The number of hydrogen-bond acceptors (Lipinski definition) is 4. The van der Waals surface area contributed by atoms with Crippen LogP contribution in [0.3, 0.4) is 0 Å². The molecule has 3 rings (SSSR count). The van der Waals surface area contributed by atoms with Gasteiger partial charge in [-0.2, -0.15) is 0 Å². The molecule has 8 heteroatoms. The molecule has 1 aromatic heterocycles. The molecule has 0 saturated heterocycles. The highest BCUT2D eigenvalue weighted by atomic mass is 19.1. The predicted molar refractivity (Wildman–Crippen MR) is 104 cm³/mol. The molecule has 1 fully saturated rings. The number of hydrazine groups is 1. The molecule has 2 N–H and O–H groups in total. The normalized spacial score (nSPS) is 13.3. The van der Waals surface area contributed by atoms with E-state index in [1.807, 2.05) is 19.9 Å². The standard InChI is InChI=1S/C21H22FN3O4/c1-13-11-15(14(2)25(13)16-8-9-16)7-10-20(27)29-12-19(26)23-24-21(28)17-5-3-4-6-18(17)22/h3-7,10-11,16H,8-9,12H2,1-2H3,(H,23,26)(H,24,28)/b10-7+. The van der Waals surface area contributed by atoms with Gasteiger partial charge in [-0.1, -0.05) is 12.1 Å². The summed E-state index contributed by atoms with van der Waals surface area (Å²) in [7, 11) is 0. The predicted octanol–water partition coefficient (Wildman–Crippen LogP) is 2.60. The Morgan fingerprint density at radius 3 is 2.62 bits per heavy atom. The zero-order chi connectivity index (χ0) is 21.0. The summed E-state index contributed by atoms with van der Waals surface area (Å²) in [5, 5.41) is 0. The van der Waals surface area contributed by atoms with Crippen molar-refractivity contribution < 1.29 is 23.5 Å². The zero-order valence-electron chi connectivity index (χ0n) is 16.2. The molecule has 1 aromatic carbocycles. The Morgan fingerprint density at radius 1 is 1.21 bits per heavy atom. The molecule has 0 spiro atoms. The van der Waals surface area contributed by atoms with Gasteiger partial charge in [0.15, 0.2) is 6.61 Å². The van der Waals surface area contributed by atoms with Crippen molar-refractivity contribution in [3.63, 3.8) is 0 Å². The fraction of sp³-hybridized carbons (Fsp3) is 0.286. The van der Waals surface area contributed by atoms with Crippen LogP contribution in [0.5, 0.6) is 0 Å². The van der Waals surface area contributed by atoms with Crippen LogP contribution in [0.2, 0.25) is 0 Å². The van der Waals surface area contributed by atoms with E-state index in [-0.39, 0.29) is 5.56 Å². The third-order valence-corrected chi connectivity index (χ3v) is 4.61. The van der Waals surface area contributed by atoms with Crippen molar-refractivity contribution in [2.24, 2.45) is 0 Å². The molecule has 0 unspecified atom stereocenters. The molecular weight excluding hydrogens is 377 g/mol. The van der Waals surface area contributed by atoms with Crippen molar-refractivity contribution >= 4 is 23.9 Å². The number of aromatic nitrogens is 1. The molecule has 29 heavy (non-hydrogen) atoms. The van der Waals surface area contributed by atoms with Gasteiger partial charge in [0.1, 0.15) is 5.82 Å². The van der Waals surface area contributed by atoms with Gasteiger partial charge in [0.2, 0.25) is 0 Å². The van der Waals surface area contributed by atoms with Crippen LogP contribution in [0.4, 0.5) is 4.39 Å². The highest BCUT2D eigenvalue weighted by molar-refractivity contribution is 5.96. The van der Waals surface area contributed by atoms with Crippen molar-refractivity contribution in [3.05, 3.63) is 64.7 Å². The average Bonchev–Trinajstić information content (AvgIpc) is 3.48. The first-order valence-corrected chi connectivity index (χ1v) is 9.24. The Kier molecular flexibility index (Phi) is 6.11. The van der Waals surface area contributed by atoms with Gasteiger partial charge in [0.25, 0.3) is 11.8 Å². The molecule has 1 heterocycles. The third-order valence-electron chi connectivity index (χ3n) is 4.61. The third kappa shape index (κ3) is 5.10. The Morgan fingerprint density at radius 2 is 1.93 bits per heavy atom. The molecule has 1 saturated carbocycles. The summed E-state index contributed by atoms with van der Waals surface area (Å²) in [5.41, 5.74) is 7.07. The first kappa shape index (κ1) is 20.3. The summed E-state index contributed by atoms with van der Waals surface area (Å²) >= 11 is 0. The minimum absolute atomic E-state index is 0.212. The fourth-order valence-electron chi connectivity index (χ4n) is 3.08. The highest BCUT2D eigenvalue weighted by Crippen LogP contribution is 2.38. The number of hydrogen-bond donors (Lipinski definition) is 2. The van der Waals surface area contributed by atoms with Gasteiger partial charge >= 0.3 is 5.97 Å². The Labute approximate surface area is 167 Å². The number of esters is 1. The first-order chi connectivity index (χ1) is 13.9. The van der Waals surface area contributed by atoms with Gasteiger partial charge in [-0.15, -0.1) is 0 Å². The van der Waals surface area contributed by atoms with E-state index in [9.17, 15) is 18.8 Å². The van der Waals surface area contributed by atoms with E-state index in [1.54, 1.807) is 6.08 Å². The Hall–Kier alpha value is -3.42. The van der Waals surface area contributed by atoms with Crippen LogP contribution in [0.15, 0.2) is 36.4 Å². The summed E-state index contributed by atoms with van der Waals surface area (Å²) in [6.07, 6.45) is 5.25. The van der Waals surface area contributed by atoms with E-state index in [2.05, 4.69) is 15.4 Å².